The second-order valence-corrected chi connectivity index (χ2v) is 9.52. The highest BCUT2D eigenvalue weighted by Gasteiger charge is 2.69. The van der Waals surface area contributed by atoms with Crippen LogP contribution in [0.2, 0.25) is 0 Å². The highest BCUT2D eigenvalue weighted by atomic mass is 19.1. The van der Waals surface area contributed by atoms with Gasteiger partial charge >= 0.3 is 0 Å². The van der Waals surface area contributed by atoms with Crippen molar-refractivity contribution >= 4 is 0 Å². The van der Waals surface area contributed by atoms with Crippen molar-refractivity contribution in [2.45, 2.75) is 83.7 Å². The lowest BCUT2D eigenvalue weighted by Crippen LogP contribution is -2.70. The molecule has 1 saturated carbocycles. The van der Waals surface area contributed by atoms with Crippen molar-refractivity contribution in [3.8, 4) is 11.5 Å². The fraction of sp³-hybridized carbons (Fsp3) is 0.739. The first-order valence-electron chi connectivity index (χ1n) is 11.1. The number of alkyl halides is 1. The van der Waals surface area contributed by atoms with E-state index < -0.39 is 30.3 Å². The molecule has 5 fully saturated rings. The van der Waals surface area contributed by atoms with Gasteiger partial charge in [-0.2, -0.15) is 0 Å². The largest absolute Gasteiger partial charge is 0.465 e. The van der Waals surface area contributed by atoms with Gasteiger partial charge in [0.05, 0.1) is 0 Å². The van der Waals surface area contributed by atoms with Gasteiger partial charge in [0, 0.05) is 25.2 Å². The third kappa shape index (κ3) is 3.22. The van der Waals surface area contributed by atoms with Gasteiger partial charge in [-0.05, 0) is 62.3 Å². The van der Waals surface area contributed by atoms with E-state index in [-0.39, 0.29) is 11.8 Å². The molecule has 2 unspecified atom stereocenters. The first-order valence-corrected chi connectivity index (χ1v) is 11.1. The molecule has 1 aromatic carbocycles. The van der Waals surface area contributed by atoms with Crippen molar-refractivity contribution in [1.29, 1.82) is 0 Å². The van der Waals surface area contributed by atoms with Gasteiger partial charge in [-0.15, -0.1) is 0 Å². The van der Waals surface area contributed by atoms with Crippen LogP contribution in [0.3, 0.4) is 0 Å². The fourth-order valence-corrected chi connectivity index (χ4v) is 5.93. The Hall–Kier alpha value is -1.41. The summed E-state index contributed by atoms with van der Waals surface area (Å²) in [4.78, 5) is 12.0. The molecule has 30 heavy (non-hydrogen) atoms. The summed E-state index contributed by atoms with van der Waals surface area (Å²) in [5.74, 6) is 1.45. The Morgan fingerprint density at radius 2 is 1.77 bits per heavy atom. The molecule has 0 amide bonds. The number of hydrogen-bond donors (Lipinski definition) is 0. The van der Waals surface area contributed by atoms with Crippen molar-refractivity contribution in [2.75, 3.05) is 0 Å². The number of halogens is 1. The van der Waals surface area contributed by atoms with Gasteiger partial charge in [-0.1, -0.05) is 13.8 Å². The van der Waals surface area contributed by atoms with E-state index in [1.165, 1.54) is 6.92 Å². The summed E-state index contributed by atoms with van der Waals surface area (Å²) < 4.78 is 37.1. The highest BCUT2D eigenvalue weighted by Crippen LogP contribution is 2.60. The van der Waals surface area contributed by atoms with Crippen LogP contribution in [0.25, 0.3) is 0 Å². The summed E-state index contributed by atoms with van der Waals surface area (Å²) in [5.41, 5.74) is -0.595. The van der Waals surface area contributed by atoms with Crippen LogP contribution in [-0.4, -0.2) is 30.3 Å². The molecule has 6 rings (SSSR count). The third-order valence-corrected chi connectivity index (χ3v) is 7.47. The first-order chi connectivity index (χ1) is 14.3. The Kier molecular flexibility index (Phi) is 5.01. The third-order valence-electron chi connectivity index (χ3n) is 7.47. The Morgan fingerprint density at radius 1 is 1.03 bits per heavy atom. The molecular formula is C23H31FO6. The predicted octanol–water partition coefficient (Wildman–Crippen LogP) is 4.97. The van der Waals surface area contributed by atoms with Gasteiger partial charge in [0.1, 0.15) is 11.5 Å². The molecule has 1 aromatic rings. The average Bonchev–Trinajstić information content (AvgIpc) is 2.93. The van der Waals surface area contributed by atoms with Crippen LogP contribution in [0.15, 0.2) is 24.3 Å². The molecule has 6 nitrogen and oxygen atoms in total. The van der Waals surface area contributed by atoms with Gasteiger partial charge in [-0.3, -0.25) is 0 Å². The molecule has 1 aliphatic carbocycles. The lowest BCUT2D eigenvalue weighted by atomic mass is 9.58. The maximum Gasteiger partial charge on any atom is 0.235 e. The van der Waals surface area contributed by atoms with Crippen LogP contribution in [0.1, 0.15) is 53.4 Å². The summed E-state index contributed by atoms with van der Waals surface area (Å²) in [6.07, 6.45) is 1.58. The molecule has 7 heteroatoms. The second kappa shape index (κ2) is 7.33. The molecule has 2 bridgehead atoms. The molecule has 1 spiro atoms. The summed E-state index contributed by atoms with van der Waals surface area (Å²) in [6, 6.07) is 6.93. The number of benzene rings is 1. The summed E-state index contributed by atoms with van der Waals surface area (Å²) >= 11 is 0. The maximum absolute atomic E-state index is 13.0. The molecular weight excluding hydrogens is 391 g/mol. The van der Waals surface area contributed by atoms with E-state index in [1.54, 1.807) is 24.3 Å². The summed E-state index contributed by atoms with van der Waals surface area (Å²) in [5, 5.41) is 0. The second-order valence-electron chi connectivity index (χ2n) is 9.52. The molecule has 0 radical (unpaired) electrons. The SMILES string of the molecule is CC(F)Oc1ccc(O[C@H]2O[C@@H]3OC4(C)CC[C@@H]5[C@@H](C)CC[C@H]([C@H]2C)[C@]35OO4)cc1. The average molecular weight is 422 g/mol. The molecule has 4 aliphatic heterocycles. The van der Waals surface area contributed by atoms with E-state index in [1.807, 2.05) is 6.92 Å². The van der Waals surface area contributed by atoms with Gasteiger partial charge in [-0.25, -0.2) is 14.2 Å². The number of fused-ring (bicyclic) bond motifs is 2. The topological polar surface area (TPSA) is 55.4 Å². The Balaban J connectivity index is 1.40. The van der Waals surface area contributed by atoms with Crippen LogP contribution in [0.4, 0.5) is 4.39 Å². The van der Waals surface area contributed by atoms with E-state index in [2.05, 4.69) is 13.8 Å². The standard InChI is InChI=1S/C23H31FO6/c1-13-5-10-19-14(2)20(26-17-8-6-16(7-9-17)25-15(3)24)27-21-23(19)18(13)11-12-22(4,28-21)29-30-23/h6-9,13-15,18-21H,5,10-12H2,1-4H3/t13-,14+,15?,18+,19+,20-,21+,22?,23-/m0/s1. The van der Waals surface area contributed by atoms with Crippen molar-refractivity contribution in [3.63, 3.8) is 0 Å². The van der Waals surface area contributed by atoms with Crippen LogP contribution < -0.4 is 9.47 Å². The molecule has 9 atom stereocenters. The van der Waals surface area contributed by atoms with Crippen LogP contribution >= 0.6 is 0 Å². The maximum atomic E-state index is 13.0. The molecule has 5 aliphatic rings. The van der Waals surface area contributed by atoms with E-state index in [0.717, 1.165) is 25.7 Å². The Bertz CT molecular complexity index is 771. The molecule has 0 aromatic heterocycles. The van der Waals surface area contributed by atoms with Gasteiger partial charge in [0.2, 0.25) is 18.4 Å². The van der Waals surface area contributed by atoms with Crippen LogP contribution in [0.5, 0.6) is 11.5 Å². The van der Waals surface area contributed by atoms with Gasteiger partial charge in [0.15, 0.2) is 11.9 Å². The van der Waals surface area contributed by atoms with Crippen molar-refractivity contribution in [3.05, 3.63) is 24.3 Å². The predicted molar refractivity (Wildman–Crippen MR) is 105 cm³/mol. The summed E-state index contributed by atoms with van der Waals surface area (Å²) in [6.45, 7) is 7.71. The number of rotatable bonds is 4. The zero-order valence-electron chi connectivity index (χ0n) is 18.0. The monoisotopic (exact) mass is 422 g/mol. The Morgan fingerprint density at radius 3 is 2.50 bits per heavy atom. The lowest BCUT2D eigenvalue weighted by Gasteiger charge is -2.60. The minimum atomic E-state index is -1.36. The molecule has 4 heterocycles. The van der Waals surface area contributed by atoms with Crippen LogP contribution in [-0.2, 0) is 19.2 Å². The number of hydrogen-bond acceptors (Lipinski definition) is 6. The van der Waals surface area contributed by atoms with Crippen LogP contribution in [0, 0.1) is 23.7 Å². The van der Waals surface area contributed by atoms with Gasteiger partial charge in [0.25, 0.3) is 0 Å². The molecule has 4 saturated heterocycles. The fourth-order valence-electron chi connectivity index (χ4n) is 5.93. The van der Waals surface area contributed by atoms with E-state index >= 15 is 0 Å². The van der Waals surface area contributed by atoms with E-state index in [9.17, 15) is 4.39 Å². The minimum absolute atomic E-state index is 0.0905. The zero-order valence-corrected chi connectivity index (χ0v) is 18.0. The zero-order chi connectivity index (χ0) is 21.1. The lowest BCUT2D eigenvalue weighted by molar-refractivity contribution is -0.575. The van der Waals surface area contributed by atoms with Crippen molar-refractivity contribution < 1.29 is 33.1 Å². The minimum Gasteiger partial charge on any atom is -0.465 e. The smallest absolute Gasteiger partial charge is 0.235 e. The van der Waals surface area contributed by atoms with E-state index in [4.69, 9.17) is 28.7 Å². The highest BCUT2D eigenvalue weighted by molar-refractivity contribution is 5.31. The quantitative estimate of drug-likeness (QED) is 0.639. The first kappa shape index (κ1) is 20.5. The summed E-state index contributed by atoms with van der Waals surface area (Å²) in [7, 11) is 0. The van der Waals surface area contributed by atoms with Gasteiger partial charge < -0.3 is 18.9 Å². The van der Waals surface area contributed by atoms with E-state index in [0.29, 0.717) is 23.3 Å². The number of ether oxygens (including phenoxy) is 4. The van der Waals surface area contributed by atoms with Crippen molar-refractivity contribution in [1.82, 2.24) is 0 Å². The molecule has 0 N–H and O–H groups in total. The van der Waals surface area contributed by atoms with Crippen molar-refractivity contribution in [2.24, 2.45) is 23.7 Å². The normalized spacial score (nSPS) is 45.9. The molecule has 166 valence electrons. The Labute approximate surface area is 176 Å².